The number of fused-ring (bicyclic) bond motifs is 2. The molecule has 2 N–H and O–H groups in total. The molecule has 2 aliphatic heterocycles. The quantitative estimate of drug-likeness (QED) is 0.604. The summed E-state index contributed by atoms with van der Waals surface area (Å²) in [6.45, 7) is 6.58. The van der Waals surface area contributed by atoms with Crippen molar-refractivity contribution >= 4 is 28.9 Å². The first-order valence-corrected chi connectivity index (χ1v) is 11.9. The van der Waals surface area contributed by atoms with Gasteiger partial charge in [-0.3, -0.25) is 19.4 Å². The summed E-state index contributed by atoms with van der Waals surface area (Å²) in [7, 11) is 0. The molecule has 0 saturated carbocycles. The number of benzene rings is 2. The molecule has 6 nitrogen and oxygen atoms in total. The van der Waals surface area contributed by atoms with Crippen LogP contribution in [0, 0.1) is 5.92 Å². The number of carbonyl (C=O) groups is 2. The Balaban J connectivity index is 1.41. The third-order valence-electron chi connectivity index (χ3n) is 6.56. The van der Waals surface area contributed by atoms with Crippen LogP contribution >= 0.6 is 0 Å². The largest absolute Gasteiger partial charge is 0.320 e. The number of likely N-dealkylation sites (tertiary alicyclic amines) is 1. The highest BCUT2D eigenvalue weighted by Crippen LogP contribution is 2.38. The van der Waals surface area contributed by atoms with E-state index in [9.17, 15) is 9.59 Å². The van der Waals surface area contributed by atoms with E-state index in [4.69, 9.17) is 0 Å². The topological polar surface area (TPSA) is 64.7 Å². The molecule has 0 spiro atoms. The number of rotatable bonds is 8. The van der Waals surface area contributed by atoms with Crippen molar-refractivity contribution in [3.8, 4) is 0 Å². The van der Waals surface area contributed by atoms with Crippen LogP contribution < -0.4 is 15.5 Å². The van der Waals surface area contributed by atoms with Crippen LogP contribution in [0.2, 0.25) is 0 Å². The Morgan fingerprint density at radius 1 is 1.03 bits per heavy atom. The summed E-state index contributed by atoms with van der Waals surface area (Å²) < 4.78 is 0. The average Bonchev–Trinajstić information content (AvgIpc) is 2.94. The van der Waals surface area contributed by atoms with E-state index in [2.05, 4.69) is 22.5 Å². The molecule has 0 radical (unpaired) electrons. The van der Waals surface area contributed by atoms with Crippen LogP contribution in [0.15, 0.2) is 48.5 Å². The molecular formula is C26H34N4O2. The lowest BCUT2D eigenvalue weighted by Gasteiger charge is -2.33. The fourth-order valence-electron chi connectivity index (χ4n) is 4.78. The minimum Gasteiger partial charge on any atom is -0.320 e. The number of nitrogens with one attached hydrogen (secondary N) is 2. The second kappa shape index (κ2) is 10.7. The van der Waals surface area contributed by atoms with Crippen molar-refractivity contribution in [2.24, 2.45) is 5.92 Å². The summed E-state index contributed by atoms with van der Waals surface area (Å²) in [5.41, 5.74) is 2.56. The molecular weight excluding hydrogens is 400 g/mol. The predicted molar refractivity (Wildman–Crippen MR) is 130 cm³/mol. The van der Waals surface area contributed by atoms with Crippen molar-refractivity contribution in [2.45, 2.75) is 39.0 Å². The van der Waals surface area contributed by atoms with E-state index < -0.39 is 0 Å². The second-order valence-electron chi connectivity index (χ2n) is 8.79. The van der Waals surface area contributed by atoms with Gasteiger partial charge in [0.05, 0.1) is 29.2 Å². The molecule has 2 aromatic carbocycles. The molecule has 4 rings (SSSR count). The normalized spacial score (nSPS) is 16.8. The molecule has 0 aromatic heterocycles. The number of unbranched alkanes of at least 4 members (excludes halogenated alkanes) is 1. The van der Waals surface area contributed by atoms with Gasteiger partial charge in [-0.05, 0) is 75.6 Å². The van der Waals surface area contributed by atoms with Crippen molar-refractivity contribution in [2.75, 3.05) is 42.9 Å². The van der Waals surface area contributed by atoms with Crippen molar-refractivity contribution < 1.29 is 9.59 Å². The molecule has 0 atom stereocenters. The molecule has 0 unspecified atom stereocenters. The first-order chi connectivity index (χ1) is 15.7. The van der Waals surface area contributed by atoms with Gasteiger partial charge in [0.25, 0.3) is 5.91 Å². The lowest BCUT2D eigenvalue weighted by molar-refractivity contribution is -0.119. The Kier molecular flexibility index (Phi) is 7.55. The number of hydrogen-bond donors (Lipinski definition) is 2. The van der Waals surface area contributed by atoms with Gasteiger partial charge < -0.3 is 10.6 Å². The summed E-state index contributed by atoms with van der Waals surface area (Å²) >= 11 is 0. The molecule has 2 aliphatic rings. The second-order valence-corrected chi connectivity index (χ2v) is 8.79. The number of hydrogen-bond acceptors (Lipinski definition) is 4. The Bertz CT molecular complexity index is 937. The van der Waals surface area contributed by atoms with E-state index in [0.29, 0.717) is 23.5 Å². The average molecular weight is 435 g/mol. The fourth-order valence-corrected chi connectivity index (χ4v) is 4.78. The Morgan fingerprint density at radius 3 is 2.53 bits per heavy atom. The minimum absolute atomic E-state index is 0.00508. The monoisotopic (exact) mass is 434 g/mol. The zero-order chi connectivity index (χ0) is 22.3. The Hall–Kier alpha value is -2.70. The standard InChI is InChI=1S/C26H34N4O2/c1-2-27-16-8-7-9-20-14-17-29(18-15-20)19-25(31)30-23-12-5-3-10-21(23)26(32)28-22-11-4-6-13-24(22)30/h3-6,10-13,20,27H,2,7-9,14-19H2,1H3,(H,28,32). The first-order valence-electron chi connectivity index (χ1n) is 11.9. The summed E-state index contributed by atoms with van der Waals surface area (Å²) in [5, 5.41) is 6.35. The highest BCUT2D eigenvalue weighted by molar-refractivity contribution is 6.17. The molecule has 1 saturated heterocycles. The lowest BCUT2D eigenvalue weighted by Crippen LogP contribution is -2.42. The molecule has 170 valence electrons. The third kappa shape index (κ3) is 5.19. The summed E-state index contributed by atoms with van der Waals surface area (Å²) in [5.74, 6) is 0.591. The van der Waals surface area contributed by atoms with Gasteiger partial charge in [0, 0.05) is 0 Å². The van der Waals surface area contributed by atoms with Crippen molar-refractivity contribution in [3.05, 3.63) is 54.1 Å². The fraction of sp³-hybridized carbons (Fsp3) is 0.462. The molecule has 0 aliphatic carbocycles. The summed E-state index contributed by atoms with van der Waals surface area (Å²) in [6, 6.07) is 14.9. The number of nitrogens with zero attached hydrogens (tertiary/aromatic N) is 2. The van der Waals surface area contributed by atoms with Gasteiger partial charge in [0.1, 0.15) is 0 Å². The maximum atomic E-state index is 13.5. The molecule has 1 fully saturated rings. The van der Waals surface area contributed by atoms with E-state index in [-0.39, 0.29) is 11.8 Å². The molecule has 2 heterocycles. The van der Waals surface area contributed by atoms with Crippen LogP contribution in [0.25, 0.3) is 0 Å². The number of para-hydroxylation sites is 3. The van der Waals surface area contributed by atoms with Gasteiger partial charge in [0.2, 0.25) is 5.91 Å². The van der Waals surface area contributed by atoms with Crippen LogP contribution in [0.5, 0.6) is 0 Å². The van der Waals surface area contributed by atoms with Gasteiger partial charge in [-0.15, -0.1) is 0 Å². The van der Waals surface area contributed by atoms with E-state index in [0.717, 1.165) is 50.6 Å². The van der Waals surface area contributed by atoms with Gasteiger partial charge in [-0.25, -0.2) is 0 Å². The summed E-state index contributed by atoms with van der Waals surface area (Å²) in [4.78, 5) is 30.3. The van der Waals surface area contributed by atoms with E-state index in [1.165, 1.54) is 19.3 Å². The Morgan fingerprint density at radius 2 is 1.75 bits per heavy atom. The number of amides is 2. The van der Waals surface area contributed by atoms with E-state index in [1.54, 1.807) is 11.0 Å². The van der Waals surface area contributed by atoms with Gasteiger partial charge in [-0.2, -0.15) is 0 Å². The van der Waals surface area contributed by atoms with Crippen LogP contribution in [0.3, 0.4) is 0 Å². The molecule has 32 heavy (non-hydrogen) atoms. The van der Waals surface area contributed by atoms with Gasteiger partial charge >= 0.3 is 0 Å². The third-order valence-corrected chi connectivity index (χ3v) is 6.56. The summed E-state index contributed by atoms with van der Waals surface area (Å²) in [6.07, 6.45) is 6.11. The van der Waals surface area contributed by atoms with Crippen LogP contribution in [-0.2, 0) is 4.79 Å². The Labute approximate surface area is 191 Å². The smallest absolute Gasteiger partial charge is 0.257 e. The molecule has 6 heteroatoms. The van der Waals surface area contributed by atoms with Gasteiger partial charge in [0.15, 0.2) is 0 Å². The molecule has 2 amide bonds. The molecule has 2 aromatic rings. The highest BCUT2D eigenvalue weighted by Gasteiger charge is 2.30. The first kappa shape index (κ1) is 22.5. The van der Waals surface area contributed by atoms with Crippen LogP contribution in [-0.4, -0.2) is 49.4 Å². The van der Waals surface area contributed by atoms with Crippen molar-refractivity contribution in [3.63, 3.8) is 0 Å². The maximum Gasteiger partial charge on any atom is 0.257 e. The van der Waals surface area contributed by atoms with E-state index in [1.807, 2.05) is 42.5 Å². The number of anilines is 3. The van der Waals surface area contributed by atoms with Gasteiger partial charge in [-0.1, -0.05) is 44.0 Å². The zero-order valence-corrected chi connectivity index (χ0v) is 19.0. The SMILES string of the molecule is CCNCCCCC1CCN(CC(=O)N2c3ccccc3NC(=O)c3ccccc32)CC1. The lowest BCUT2D eigenvalue weighted by atomic mass is 9.91. The molecule has 0 bridgehead atoms. The van der Waals surface area contributed by atoms with E-state index >= 15 is 0 Å². The van der Waals surface area contributed by atoms with Crippen molar-refractivity contribution in [1.29, 1.82) is 0 Å². The highest BCUT2D eigenvalue weighted by atomic mass is 16.2. The zero-order valence-electron chi connectivity index (χ0n) is 19.0. The maximum absolute atomic E-state index is 13.5. The number of carbonyl (C=O) groups excluding carboxylic acids is 2. The minimum atomic E-state index is -0.182. The predicted octanol–water partition coefficient (Wildman–Crippen LogP) is 4.41. The van der Waals surface area contributed by atoms with Crippen LogP contribution in [0.4, 0.5) is 17.1 Å². The number of piperidine rings is 1. The van der Waals surface area contributed by atoms with Crippen LogP contribution in [0.1, 0.15) is 49.4 Å². The van der Waals surface area contributed by atoms with Crippen molar-refractivity contribution in [1.82, 2.24) is 10.2 Å².